The van der Waals surface area contributed by atoms with Crippen molar-refractivity contribution < 1.29 is 0 Å². The molecule has 41 heavy (non-hydrogen) atoms. The SMILES string of the molecule is C.CCC.CCC.Cc1ccc(C(C)(C)c2ccc(C)cc2)cc1.Cc1ccc(C(C)(C)c2ccc(C)cc2)cc1. The molecule has 0 saturated carbocycles. The summed E-state index contributed by atoms with van der Waals surface area (Å²) in [6.07, 6.45) is 2.50. The van der Waals surface area contributed by atoms with Crippen molar-refractivity contribution >= 4 is 0 Å². The molecule has 0 heteroatoms. The summed E-state index contributed by atoms with van der Waals surface area (Å²) in [6, 6.07) is 35.3. The molecule has 0 heterocycles. The molecule has 0 spiro atoms. The lowest BCUT2D eigenvalue weighted by Gasteiger charge is -2.26. The first-order valence-corrected chi connectivity index (χ1v) is 15.1. The van der Waals surface area contributed by atoms with Crippen LogP contribution in [0.5, 0.6) is 0 Å². The third-order valence-electron chi connectivity index (χ3n) is 7.09. The quantitative estimate of drug-likeness (QED) is 0.236. The van der Waals surface area contributed by atoms with E-state index in [4.69, 9.17) is 0 Å². The van der Waals surface area contributed by atoms with Crippen molar-refractivity contribution in [1.82, 2.24) is 0 Å². The topological polar surface area (TPSA) is 0 Å². The molecule has 0 aliphatic carbocycles. The Balaban J connectivity index is 0.000000642. The highest BCUT2D eigenvalue weighted by molar-refractivity contribution is 5.40. The van der Waals surface area contributed by atoms with Crippen LogP contribution in [0.25, 0.3) is 0 Å². The van der Waals surface area contributed by atoms with Gasteiger partial charge in [-0.25, -0.2) is 0 Å². The van der Waals surface area contributed by atoms with Crippen molar-refractivity contribution in [3.8, 4) is 0 Å². The molecular formula is C41H60. The molecule has 4 rings (SSSR count). The molecular weight excluding hydrogens is 492 g/mol. The van der Waals surface area contributed by atoms with Crippen LogP contribution in [0.3, 0.4) is 0 Å². The van der Waals surface area contributed by atoms with Crippen LogP contribution in [-0.4, -0.2) is 0 Å². The van der Waals surface area contributed by atoms with Gasteiger partial charge in [-0.2, -0.15) is 0 Å². The normalized spacial score (nSPS) is 10.4. The largest absolute Gasteiger partial charge is 0.0776 e. The first-order chi connectivity index (χ1) is 18.8. The van der Waals surface area contributed by atoms with Gasteiger partial charge in [0.15, 0.2) is 0 Å². The average molecular weight is 553 g/mol. The molecule has 0 nitrogen and oxygen atoms in total. The second kappa shape index (κ2) is 18.3. The summed E-state index contributed by atoms with van der Waals surface area (Å²) in [6.45, 7) is 26.1. The van der Waals surface area contributed by atoms with E-state index >= 15 is 0 Å². The van der Waals surface area contributed by atoms with Gasteiger partial charge in [0, 0.05) is 10.8 Å². The minimum absolute atomic E-state index is 0. The molecule has 0 fully saturated rings. The zero-order valence-electron chi connectivity index (χ0n) is 27.7. The van der Waals surface area contributed by atoms with Gasteiger partial charge in [-0.1, -0.05) is 195 Å². The van der Waals surface area contributed by atoms with Gasteiger partial charge in [0.1, 0.15) is 0 Å². The Labute approximate surface area is 255 Å². The van der Waals surface area contributed by atoms with E-state index in [0.29, 0.717) is 0 Å². The van der Waals surface area contributed by atoms with Crippen LogP contribution >= 0.6 is 0 Å². The van der Waals surface area contributed by atoms with Gasteiger partial charge < -0.3 is 0 Å². The lowest BCUT2D eigenvalue weighted by Crippen LogP contribution is -2.18. The van der Waals surface area contributed by atoms with Gasteiger partial charge in [0.05, 0.1) is 0 Å². The third kappa shape index (κ3) is 12.1. The van der Waals surface area contributed by atoms with Crippen molar-refractivity contribution in [2.75, 3.05) is 0 Å². The van der Waals surface area contributed by atoms with Crippen LogP contribution in [0.2, 0.25) is 0 Å². The zero-order chi connectivity index (χ0) is 30.3. The van der Waals surface area contributed by atoms with Crippen molar-refractivity contribution in [3.05, 3.63) is 142 Å². The van der Waals surface area contributed by atoms with Crippen LogP contribution < -0.4 is 0 Å². The Morgan fingerprint density at radius 2 is 0.463 bits per heavy atom. The molecule has 224 valence electrons. The monoisotopic (exact) mass is 552 g/mol. The minimum Gasteiger partial charge on any atom is -0.0776 e. The predicted molar refractivity (Wildman–Crippen MR) is 188 cm³/mol. The number of benzene rings is 4. The van der Waals surface area contributed by atoms with Crippen LogP contribution in [0.4, 0.5) is 0 Å². The van der Waals surface area contributed by atoms with Crippen LogP contribution in [0.15, 0.2) is 97.1 Å². The van der Waals surface area contributed by atoms with Crippen LogP contribution in [-0.2, 0) is 10.8 Å². The summed E-state index contributed by atoms with van der Waals surface area (Å²) in [4.78, 5) is 0. The predicted octanol–water partition coefficient (Wildman–Crippen LogP) is 12.7. The summed E-state index contributed by atoms with van der Waals surface area (Å²) in [5, 5.41) is 0. The van der Waals surface area contributed by atoms with Gasteiger partial charge in [0.25, 0.3) is 0 Å². The van der Waals surface area contributed by atoms with E-state index in [0.717, 1.165) is 0 Å². The number of hydrogen-bond donors (Lipinski definition) is 0. The van der Waals surface area contributed by atoms with Crippen LogP contribution in [0, 0.1) is 27.7 Å². The maximum atomic E-state index is 2.28. The molecule has 4 aromatic carbocycles. The molecule has 0 bridgehead atoms. The molecule has 0 radical (unpaired) electrons. The minimum atomic E-state index is 0. The summed E-state index contributed by atoms with van der Waals surface area (Å²) in [5.41, 5.74) is 10.9. The first-order valence-electron chi connectivity index (χ1n) is 15.1. The highest BCUT2D eigenvalue weighted by Crippen LogP contribution is 2.32. The van der Waals surface area contributed by atoms with E-state index in [9.17, 15) is 0 Å². The smallest absolute Gasteiger partial charge is 0.0146 e. The fourth-order valence-electron chi connectivity index (χ4n) is 4.21. The molecule has 0 aromatic heterocycles. The van der Waals surface area contributed by atoms with E-state index < -0.39 is 0 Å². The highest BCUT2D eigenvalue weighted by atomic mass is 14.3. The molecule has 0 aliphatic rings. The molecule has 0 saturated heterocycles. The van der Waals surface area contributed by atoms with Crippen LogP contribution in [0.1, 0.15) is 120 Å². The van der Waals surface area contributed by atoms with Crippen molar-refractivity contribution in [1.29, 1.82) is 0 Å². The average Bonchev–Trinajstić information content (AvgIpc) is 2.91. The van der Waals surface area contributed by atoms with Gasteiger partial charge in [-0.05, 0) is 49.9 Å². The summed E-state index contributed by atoms with van der Waals surface area (Å²) < 4.78 is 0. The van der Waals surface area contributed by atoms with Crippen molar-refractivity contribution in [2.45, 2.75) is 114 Å². The lowest BCUT2D eigenvalue weighted by molar-refractivity contribution is 0.640. The lowest BCUT2D eigenvalue weighted by atomic mass is 9.78. The Morgan fingerprint density at radius 1 is 0.341 bits per heavy atom. The van der Waals surface area contributed by atoms with Crippen molar-refractivity contribution in [2.24, 2.45) is 0 Å². The number of rotatable bonds is 4. The second-order valence-electron chi connectivity index (χ2n) is 12.1. The molecule has 0 amide bonds. The van der Waals surface area contributed by atoms with E-state index in [1.165, 1.54) is 57.3 Å². The van der Waals surface area contributed by atoms with Gasteiger partial charge in [0.2, 0.25) is 0 Å². The maximum absolute atomic E-state index is 2.28. The molecule has 0 unspecified atom stereocenters. The molecule has 0 aliphatic heterocycles. The Kier molecular flexibility index (Phi) is 16.9. The first kappa shape index (κ1) is 37.9. The van der Waals surface area contributed by atoms with E-state index in [1.54, 1.807) is 0 Å². The van der Waals surface area contributed by atoms with Gasteiger partial charge >= 0.3 is 0 Å². The third-order valence-corrected chi connectivity index (χ3v) is 7.09. The Morgan fingerprint density at radius 3 is 0.585 bits per heavy atom. The maximum Gasteiger partial charge on any atom is 0.0146 e. The zero-order valence-corrected chi connectivity index (χ0v) is 27.7. The standard InChI is InChI=1S/2C17H20.2C3H8.CH4/c2*1-13-5-9-15(10-6-13)17(3,4)16-11-7-14(2)8-12-16;2*1-3-2;/h2*5-12H,1-4H3;2*3H2,1-2H3;1H4. The van der Waals surface area contributed by atoms with Gasteiger partial charge in [-0.3, -0.25) is 0 Å². The summed E-state index contributed by atoms with van der Waals surface area (Å²) >= 11 is 0. The van der Waals surface area contributed by atoms with Crippen molar-refractivity contribution in [3.63, 3.8) is 0 Å². The van der Waals surface area contributed by atoms with E-state index in [2.05, 4.69) is 180 Å². The number of aryl methyl sites for hydroxylation is 4. The summed E-state index contributed by atoms with van der Waals surface area (Å²) in [7, 11) is 0. The Bertz CT molecular complexity index is 1010. The molecule has 4 aromatic rings. The molecule has 0 atom stereocenters. The molecule has 0 N–H and O–H groups in total. The van der Waals surface area contributed by atoms with E-state index in [-0.39, 0.29) is 18.3 Å². The highest BCUT2D eigenvalue weighted by Gasteiger charge is 2.23. The van der Waals surface area contributed by atoms with Gasteiger partial charge in [-0.15, -0.1) is 0 Å². The fourth-order valence-corrected chi connectivity index (χ4v) is 4.21. The number of hydrogen-bond acceptors (Lipinski definition) is 0. The Hall–Kier alpha value is -3.12. The summed E-state index contributed by atoms with van der Waals surface area (Å²) in [5.74, 6) is 0. The van der Waals surface area contributed by atoms with E-state index in [1.807, 2.05) is 0 Å². The second-order valence-corrected chi connectivity index (χ2v) is 12.1. The fraction of sp³-hybridized carbons (Fsp3) is 0.415.